The Kier molecular flexibility index (Phi) is 5.23. The lowest BCUT2D eigenvalue weighted by molar-refractivity contribution is -0.122. The van der Waals surface area contributed by atoms with Crippen molar-refractivity contribution in [3.05, 3.63) is 35.2 Å². The molecule has 0 radical (unpaired) electrons. The minimum Gasteiger partial charge on any atom is -0.486 e. The van der Waals surface area contributed by atoms with Crippen LogP contribution in [0.2, 0.25) is 0 Å². The molecule has 3 rings (SSSR count). The van der Waals surface area contributed by atoms with Gasteiger partial charge in [-0.2, -0.15) is 0 Å². The normalized spacial score (nSPS) is 13.8. The standard InChI is InChI=1S/C18H20N2O4S/c1-3-19-17(21)11(2)20-18(22)16-7-6-15(25-16)12-4-5-13-14(10-12)24-9-8-23-13/h4-7,10-11H,3,8-9H2,1-2H3,(H,19,21)(H,20,22)/t11-/m0/s1. The van der Waals surface area contributed by atoms with Crippen molar-refractivity contribution in [2.45, 2.75) is 19.9 Å². The maximum absolute atomic E-state index is 12.3. The monoisotopic (exact) mass is 360 g/mol. The number of ether oxygens (including phenoxy) is 2. The van der Waals surface area contributed by atoms with Crippen molar-refractivity contribution < 1.29 is 19.1 Å². The van der Waals surface area contributed by atoms with Gasteiger partial charge in [0.2, 0.25) is 5.91 Å². The van der Waals surface area contributed by atoms with Crippen molar-refractivity contribution in [3.63, 3.8) is 0 Å². The van der Waals surface area contributed by atoms with E-state index in [1.807, 2.05) is 31.2 Å². The van der Waals surface area contributed by atoms with Gasteiger partial charge in [-0.3, -0.25) is 9.59 Å². The zero-order chi connectivity index (χ0) is 17.8. The Bertz CT molecular complexity index is 787. The van der Waals surface area contributed by atoms with Crippen LogP contribution < -0.4 is 20.1 Å². The number of fused-ring (bicyclic) bond motifs is 1. The van der Waals surface area contributed by atoms with Gasteiger partial charge in [0.25, 0.3) is 5.91 Å². The van der Waals surface area contributed by atoms with Gasteiger partial charge in [-0.15, -0.1) is 11.3 Å². The molecule has 1 aliphatic rings. The predicted molar refractivity (Wildman–Crippen MR) is 96.4 cm³/mol. The van der Waals surface area contributed by atoms with E-state index in [2.05, 4.69) is 10.6 Å². The minimum atomic E-state index is -0.577. The van der Waals surface area contributed by atoms with Crippen LogP contribution in [0.25, 0.3) is 10.4 Å². The van der Waals surface area contributed by atoms with Crippen LogP contribution >= 0.6 is 11.3 Å². The molecule has 1 aliphatic heterocycles. The van der Waals surface area contributed by atoms with Gasteiger partial charge in [-0.25, -0.2) is 0 Å². The largest absolute Gasteiger partial charge is 0.486 e. The molecule has 0 fully saturated rings. The molecule has 1 aromatic heterocycles. The van der Waals surface area contributed by atoms with E-state index in [1.54, 1.807) is 13.0 Å². The molecule has 1 aromatic carbocycles. The summed E-state index contributed by atoms with van der Waals surface area (Å²) in [6.45, 7) is 5.13. The SMILES string of the molecule is CCNC(=O)[C@H](C)NC(=O)c1ccc(-c2ccc3c(c2)OCCO3)s1. The van der Waals surface area contributed by atoms with Crippen LogP contribution in [0.3, 0.4) is 0 Å². The summed E-state index contributed by atoms with van der Waals surface area (Å²) < 4.78 is 11.1. The van der Waals surface area contributed by atoms with Crippen LogP contribution in [0.15, 0.2) is 30.3 Å². The highest BCUT2D eigenvalue weighted by atomic mass is 32.1. The summed E-state index contributed by atoms with van der Waals surface area (Å²) in [4.78, 5) is 25.5. The summed E-state index contributed by atoms with van der Waals surface area (Å²) >= 11 is 1.37. The molecule has 25 heavy (non-hydrogen) atoms. The van der Waals surface area contributed by atoms with Crippen molar-refractivity contribution >= 4 is 23.2 Å². The van der Waals surface area contributed by atoms with Gasteiger partial charge < -0.3 is 20.1 Å². The summed E-state index contributed by atoms with van der Waals surface area (Å²) in [5.41, 5.74) is 0.963. The van der Waals surface area contributed by atoms with Crippen molar-refractivity contribution in [3.8, 4) is 21.9 Å². The Morgan fingerprint density at radius 3 is 2.68 bits per heavy atom. The van der Waals surface area contributed by atoms with E-state index in [9.17, 15) is 9.59 Å². The van der Waals surface area contributed by atoms with Gasteiger partial charge in [-0.1, -0.05) is 0 Å². The number of likely N-dealkylation sites (N-methyl/N-ethyl adjacent to an activating group) is 1. The third-order valence-electron chi connectivity index (χ3n) is 3.75. The topological polar surface area (TPSA) is 76.7 Å². The van der Waals surface area contributed by atoms with Crippen LogP contribution in [0.4, 0.5) is 0 Å². The molecule has 2 aromatic rings. The van der Waals surface area contributed by atoms with Gasteiger partial charge in [0.1, 0.15) is 19.3 Å². The number of carbonyl (C=O) groups excluding carboxylic acids is 2. The van der Waals surface area contributed by atoms with Gasteiger partial charge in [0, 0.05) is 11.4 Å². The lowest BCUT2D eigenvalue weighted by atomic mass is 10.1. The van der Waals surface area contributed by atoms with Crippen molar-refractivity contribution in [2.24, 2.45) is 0 Å². The number of thiophene rings is 1. The quantitative estimate of drug-likeness (QED) is 0.859. The Morgan fingerprint density at radius 2 is 1.92 bits per heavy atom. The maximum atomic E-state index is 12.3. The van der Waals surface area contributed by atoms with Gasteiger partial charge >= 0.3 is 0 Å². The average Bonchev–Trinajstić information content (AvgIpc) is 3.11. The first-order chi connectivity index (χ1) is 12.1. The third-order valence-corrected chi connectivity index (χ3v) is 4.88. The zero-order valence-electron chi connectivity index (χ0n) is 14.1. The number of hydrogen-bond acceptors (Lipinski definition) is 5. The third kappa shape index (κ3) is 3.93. The molecular weight excluding hydrogens is 340 g/mol. The fourth-order valence-corrected chi connectivity index (χ4v) is 3.38. The highest BCUT2D eigenvalue weighted by Crippen LogP contribution is 2.36. The molecule has 0 unspecified atom stereocenters. The first-order valence-electron chi connectivity index (χ1n) is 8.17. The summed E-state index contributed by atoms with van der Waals surface area (Å²) in [6.07, 6.45) is 0. The first kappa shape index (κ1) is 17.3. The van der Waals surface area contributed by atoms with Crippen LogP contribution in [0.5, 0.6) is 11.5 Å². The second-order valence-corrected chi connectivity index (χ2v) is 6.70. The Labute approximate surface area is 150 Å². The maximum Gasteiger partial charge on any atom is 0.262 e. The van der Waals surface area contributed by atoms with Crippen LogP contribution in [-0.4, -0.2) is 37.6 Å². The lowest BCUT2D eigenvalue weighted by Crippen LogP contribution is -2.44. The molecule has 132 valence electrons. The Morgan fingerprint density at radius 1 is 1.16 bits per heavy atom. The molecule has 2 amide bonds. The molecule has 2 N–H and O–H groups in total. The van der Waals surface area contributed by atoms with E-state index >= 15 is 0 Å². The summed E-state index contributed by atoms with van der Waals surface area (Å²) in [5.74, 6) is 1.00. The molecular formula is C18H20N2O4S. The number of amides is 2. The van der Waals surface area contributed by atoms with Gasteiger partial charge in [-0.05, 0) is 49.7 Å². The smallest absolute Gasteiger partial charge is 0.262 e. The van der Waals surface area contributed by atoms with Crippen LogP contribution in [-0.2, 0) is 4.79 Å². The zero-order valence-corrected chi connectivity index (χ0v) is 14.9. The second-order valence-electron chi connectivity index (χ2n) is 5.61. The molecule has 0 aliphatic carbocycles. The molecule has 7 heteroatoms. The van der Waals surface area contributed by atoms with Crippen molar-refractivity contribution in [1.82, 2.24) is 10.6 Å². The summed E-state index contributed by atoms with van der Waals surface area (Å²) in [6, 6.07) is 8.81. The van der Waals surface area contributed by atoms with E-state index < -0.39 is 6.04 Å². The molecule has 1 atom stereocenters. The number of rotatable bonds is 5. The average molecular weight is 360 g/mol. The van der Waals surface area contributed by atoms with Gasteiger partial charge in [0.05, 0.1) is 4.88 Å². The van der Waals surface area contributed by atoms with Crippen molar-refractivity contribution in [1.29, 1.82) is 0 Å². The number of carbonyl (C=O) groups is 2. The van der Waals surface area contributed by atoms with Crippen LogP contribution in [0, 0.1) is 0 Å². The molecule has 6 nitrogen and oxygen atoms in total. The number of nitrogens with one attached hydrogen (secondary N) is 2. The summed E-state index contributed by atoms with van der Waals surface area (Å²) in [5, 5.41) is 5.40. The minimum absolute atomic E-state index is 0.195. The van der Waals surface area contributed by atoms with E-state index in [0.717, 1.165) is 16.2 Å². The van der Waals surface area contributed by atoms with E-state index in [4.69, 9.17) is 9.47 Å². The molecule has 0 saturated carbocycles. The van der Waals surface area contributed by atoms with E-state index in [-0.39, 0.29) is 11.8 Å². The summed E-state index contributed by atoms with van der Waals surface area (Å²) in [7, 11) is 0. The van der Waals surface area contributed by atoms with E-state index in [0.29, 0.717) is 30.4 Å². The molecule has 0 bridgehead atoms. The number of hydrogen-bond donors (Lipinski definition) is 2. The molecule has 2 heterocycles. The fraction of sp³-hybridized carbons (Fsp3) is 0.333. The fourth-order valence-electron chi connectivity index (χ4n) is 2.47. The Balaban J connectivity index is 1.72. The second kappa shape index (κ2) is 7.57. The highest BCUT2D eigenvalue weighted by molar-refractivity contribution is 7.17. The highest BCUT2D eigenvalue weighted by Gasteiger charge is 2.18. The Hall–Kier alpha value is -2.54. The first-order valence-corrected chi connectivity index (χ1v) is 8.98. The molecule has 0 saturated heterocycles. The number of benzene rings is 1. The molecule has 0 spiro atoms. The van der Waals surface area contributed by atoms with E-state index in [1.165, 1.54) is 11.3 Å². The predicted octanol–water partition coefficient (Wildman–Crippen LogP) is 2.44. The van der Waals surface area contributed by atoms with Crippen molar-refractivity contribution in [2.75, 3.05) is 19.8 Å². The van der Waals surface area contributed by atoms with Gasteiger partial charge in [0.15, 0.2) is 11.5 Å². The lowest BCUT2D eigenvalue weighted by Gasteiger charge is -2.18. The van der Waals surface area contributed by atoms with Crippen LogP contribution in [0.1, 0.15) is 23.5 Å².